The molecule has 1 aliphatic rings. The molecule has 2 aromatic heterocycles. The molecule has 134 valence electrons. The molecule has 8 heteroatoms. The van der Waals surface area contributed by atoms with Crippen molar-refractivity contribution in [2.24, 2.45) is 0 Å². The largest absolute Gasteiger partial charge is 0.376 e. The lowest BCUT2D eigenvalue weighted by molar-refractivity contribution is -0.115. The number of nitrogens with zero attached hydrogens (tertiary/aromatic N) is 2. The second kappa shape index (κ2) is 7.19. The molecule has 3 heterocycles. The van der Waals surface area contributed by atoms with Crippen molar-refractivity contribution in [3.05, 3.63) is 51.1 Å². The molecule has 0 spiro atoms. The lowest BCUT2D eigenvalue weighted by Crippen LogP contribution is -2.14. The molecule has 1 aromatic carbocycles. The van der Waals surface area contributed by atoms with E-state index in [-0.39, 0.29) is 12.3 Å². The maximum absolute atomic E-state index is 12.6. The molecule has 0 aliphatic carbocycles. The van der Waals surface area contributed by atoms with Crippen LogP contribution in [0, 0.1) is 6.92 Å². The van der Waals surface area contributed by atoms with E-state index in [1.807, 2.05) is 18.2 Å². The zero-order valence-corrected chi connectivity index (χ0v) is 15.6. The third-order valence-electron chi connectivity index (χ3n) is 4.12. The smallest absolute Gasteiger partial charge is 0.261 e. The van der Waals surface area contributed by atoms with E-state index in [1.165, 1.54) is 11.3 Å². The van der Waals surface area contributed by atoms with Crippen LogP contribution in [0.25, 0.3) is 11.5 Å². The highest BCUT2D eigenvalue weighted by atomic mass is 35.5. The third-order valence-corrected chi connectivity index (χ3v) is 5.61. The zero-order chi connectivity index (χ0) is 18.1. The predicted octanol–water partition coefficient (Wildman–Crippen LogP) is 4.01. The van der Waals surface area contributed by atoms with Crippen LogP contribution in [0.5, 0.6) is 0 Å². The topological polar surface area (TPSA) is 77.2 Å². The van der Waals surface area contributed by atoms with Gasteiger partial charge in [-0.15, -0.1) is 11.3 Å². The van der Waals surface area contributed by atoms with Gasteiger partial charge in [0.05, 0.1) is 25.2 Å². The molecular formula is C18H16ClN3O3S. The Morgan fingerprint density at radius 3 is 3.00 bits per heavy atom. The van der Waals surface area contributed by atoms with Gasteiger partial charge in [0.25, 0.3) is 5.89 Å². The summed E-state index contributed by atoms with van der Waals surface area (Å²) >= 11 is 7.65. The highest BCUT2D eigenvalue weighted by molar-refractivity contribution is 7.17. The van der Waals surface area contributed by atoms with Crippen molar-refractivity contribution in [2.75, 3.05) is 11.9 Å². The van der Waals surface area contributed by atoms with E-state index in [9.17, 15) is 4.79 Å². The summed E-state index contributed by atoms with van der Waals surface area (Å²) in [6.45, 7) is 2.93. The number of amides is 1. The number of hydrogen-bond acceptors (Lipinski definition) is 6. The van der Waals surface area contributed by atoms with Crippen molar-refractivity contribution in [1.29, 1.82) is 0 Å². The summed E-state index contributed by atoms with van der Waals surface area (Å²) in [7, 11) is 0. The molecule has 0 radical (unpaired) electrons. The van der Waals surface area contributed by atoms with Gasteiger partial charge in [0, 0.05) is 9.90 Å². The molecule has 0 unspecified atom stereocenters. The summed E-state index contributed by atoms with van der Waals surface area (Å²) in [6, 6.07) is 7.32. The Bertz CT molecular complexity index is 966. The molecule has 1 aliphatic heterocycles. The van der Waals surface area contributed by atoms with Crippen molar-refractivity contribution >= 4 is 33.8 Å². The van der Waals surface area contributed by atoms with Crippen molar-refractivity contribution in [3.63, 3.8) is 0 Å². The number of aromatic nitrogens is 2. The maximum atomic E-state index is 12.6. The molecule has 4 rings (SSSR count). The Labute approximate surface area is 159 Å². The van der Waals surface area contributed by atoms with Crippen molar-refractivity contribution < 1.29 is 14.1 Å². The second-order valence-electron chi connectivity index (χ2n) is 5.97. The molecule has 0 bridgehead atoms. The Balaban J connectivity index is 1.65. The van der Waals surface area contributed by atoms with Crippen molar-refractivity contribution in [2.45, 2.75) is 26.4 Å². The van der Waals surface area contributed by atoms with Gasteiger partial charge in [0.15, 0.2) is 5.82 Å². The number of nitrogens with one attached hydrogen (secondary N) is 1. The number of carbonyl (C=O) groups is 1. The fourth-order valence-electron chi connectivity index (χ4n) is 2.93. The minimum atomic E-state index is -0.143. The number of benzene rings is 1. The van der Waals surface area contributed by atoms with Crippen LogP contribution in [0.1, 0.15) is 21.8 Å². The quantitative estimate of drug-likeness (QED) is 0.729. The number of hydrogen-bond donors (Lipinski definition) is 1. The van der Waals surface area contributed by atoms with Gasteiger partial charge in [-0.1, -0.05) is 35.0 Å². The Hall–Kier alpha value is -2.22. The van der Waals surface area contributed by atoms with Crippen molar-refractivity contribution in [1.82, 2.24) is 10.1 Å². The monoisotopic (exact) mass is 389 g/mol. The van der Waals surface area contributed by atoms with Crippen LogP contribution >= 0.6 is 22.9 Å². The molecular weight excluding hydrogens is 374 g/mol. The van der Waals surface area contributed by atoms with Gasteiger partial charge < -0.3 is 14.6 Å². The molecule has 0 saturated carbocycles. The summed E-state index contributed by atoms with van der Waals surface area (Å²) < 4.78 is 10.9. The Morgan fingerprint density at radius 2 is 2.23 bits per heavy atom. The molecule has 0 atom stereocenters. The second-order valence-corrected chi connectivity index (χ2v) is 7.49. The summed E-state index contributed by atoms with van der Waals surface area (Å²) in [5.41, 5.74) is 2.70. The number of halogens is 1. The van der Waals surface area contributed by atoms with Gasteiger partial charge >= 0.3 is 0 Å². The van der Waals surface area contributed by atoms with Gasteiger partial charge in [-0.05, 0) is 30.5 Å². The summed E-state index contributed by atoms with van der Waals surface area (Å²) in [5, 5.41) is 8.15. The fraction of sp³-hybridized carbons (Fsp3) is 0.278. The van der Waals surface area contributed by atoms with E-state index in [0.717, 1.165) is 28.0 Å². The minimum Gasteiger partial charge on any atom is -0.376 e. The van der Waals surface area contributed by atoms with Crippen LogP contribution < -0.4 is 5.32 Å². The van der Waals surface area contributed by atoms with Crippen LogP contribution in [0.15, 0.2) is 28.8 Å². The van der Waals surface area contributed by atoms with E-state index < -0.39 is 0 Å². The van der Waals surface area contributed by atoms with Crippen LogP contribution in [-0.4, -0.2) is 22.7 Å². The maximum Gasteiger partial charge on any atom is 0.261 e. The Kier molecular flexibility index (Phi) is 4.76. The molecule has 0 saturated heterocycles. The lowest BCUT2D eigenvalue weighted by atomic mass is 10.1. The fourth-order valence-corrected chi connectivity index (χ4v) is 4.33. The zero-order valence-electron chi connectivity index (χ0n) is 14.0. The molecule has 6 nitrogen and oxygen atoms in total. The highest BCUT2D eigenvalue weighted by Gasteiger charge is 2.26. The van der Waals surface area contributed by atoms with Gasteiger partial charge in [0.2, 0.25) is 5.91 Å². The van der Waals surface area contributed by atoms with E-state index in [4.69, 9.17) is 20.9 Å². The van der Waals surface area contributed by atoms with Gasteiger partial charge in [-0.3, -0.25) is 4.79 Å². The summed E-state index contributed by atoms with van der Waals surface area (Å²) in [5.74, 6) is 0.838. The van der Waals surface area contributed by atoms with E-state index in [2.05, 4.69) is 15.5 Å². The van der Waals surface area contributed by atoms with Crippen molar-refractivity contribution in [3.8, 4) is 11.5 Å². The number of thiophene rings is 1. The van der Waals surface area contributed by atoms with Crippen LogP contribution in [-0.2, 0) is 29.0 Å². The van der Waals surface area contributed by atoms with Crippen LogP contribution in [0.4, 0.5) is 5.00 Å². The predicted molar refractivity (Wildman–Crippen MR) is 99.5 cm³/mol. The van der Waals surface area contributed by atoms with Gasteiger partial charge in [0.1, 0.15) is 5.00 Å². The molecule has 1 N–H and O–H groups in total. The minimum absolute atomic E-state index is 0.143. The summed E-state index contributed by atoms with van der Waals surface area (Å²) in [6.07, 6.45) is 0.948. The average Bonchev–Trinajstić information content (AvgIpc) is 3.19. The first-order chi connectivity index (χ1) is 12.6. The molecule has 0 fully saturated rings. The number of carbonyl (C=O) groups excluding carboxylic acids is 1. The first-order valence-corrected chi connectivity index (χ1v) is 9.37. The van der Waals surface area contributed by atoms with Gasteiger partial charge in [-0.2, -0.15) is 4.98 Å². The van der Waals surface area contributed by atoms with E-state index in [0.29, 0.717) is 35.0 Å². The lowest BCUT2D eigenvalue weighted by Gasteiger charge is -2.12. The SMILES string of the molecule is Cc1noc(-c2c(NC(=O)Cc3ccccc3Cl)sc3c2CCOC3)n1. The van der Waals surface area contributed by atoms with Gasteiger partial charge in [-0.25, -0.2) is 0 Å². The average molecular weight is 390 g/mol. The van der Waals surface area contributed by atoms with Crippen LogP contribution in [0.2, 0.25) is 5.02 Å². The van der Waals surface area contributed by atoms with E-state index in [1.54, 1.807) is 13.0 Å². The number of rotatable bonds is 4. The Morgan fingerprint density at radius 1 is 1.38 bits per heavy atom. The normalized spacial score (nSPS) is 13.5. The van der Waals surface area contributed by atoms with E-state index >= 15 is 0 Å². The highest BCUT2D eigenvalue weighted by Crippen LogP contribution is 2.42. The number of anilines is 1. The third kappa shape index (κ3) is 3.38. The number of ether oxygens (including phenoxy) is 1. The number of fused-ring (bicyclic) bond motifs is 1. The first kappa shape index (κ1) is 17.2. The molecule has 1 amide bonds. The number of aryl methyl sites for hydroxylation is 1. The first-order valence-electron chi connectivity index (χ1n) is 8.18. The summed E-state index contributed by atoms with van der Waals surface area (Å²) in [4.78, 5) is 18.0. The standard InChI is InChI=1S/C18H16ClN3O3S/c1-10-20-17(25-22-10)16-12-6-7-24-9-14(12)26-18(16)21-15(23)8-11-4-2-3-5-13(11)19/h2-5H,6-9H2,1H3,(H,21,23). The molecule has 26 heavy (non-hydrogen) atoms. The van der Waals surface area contributed by atoms with Crippen LogP contribution in [0.3, 0.4) is 0 Å². The molecule has 3 aromatic rings.